The predicted molar refractivity (Wildman–Crippen MR) is 97.6 cm³/mol. The van der Waals surface area contributed by atoms with Crippen molar-refractivity contribution in [1.82, 2.24) is 0 Å². The van der Waals surface area contributed by atoms with Crippen LogP contribution in [0.3, 0.4) is 0 Å². The quantitative estimate of drug-likeness (QED) is 0.811. The van der Waals surface area contributed by atoms with Crippen molar-refractivity contribution in [2.75, 3.05) is 19.0 Å². The van der Waals surface area contributed by atoms with Crippen LogP contribution in [0.15, 0.2) is 42.5 Å². The van der Waals surface area contributed by atoms with Crippen LogP contribution in [0.1, 0.15) is 36.7 Å². The first-order valence-electron chi connectivity index (χ1n) is 8.00. The van der Waals surface area contributed by atoms with Crippen molar-refractivity contribution in [3.63, 3.8) is 0 Å². The first-order chi connectivity index (χ1) is 11.8. The molecule has 0 atom stereocenters. The Labute approximate surface area is 148 Å². The van der Waals surface area contributed by atoms with Gasteiger partial charge in [0, 0.05) is 5.69 Å². The Bertz CT molecular complexity index is 745. The van der Waals surface area contributed by atoms with Gasteiger partial charge in [0.1, 0.15) is 11.5 Å². The molecular weight excluding hydrogens is 318 g/mol. The largest absolute Gasteiger partial charge is 0.497 e. The lowest BCUT2D eigenvalue weighted by atomic mass is 9.87. The molecule has 2 rings (SSSR count). The number of hydrogen-bond acceptors (Lipinski definition) is 4. The monoisotopic (exact) mass is 341 g/mol. The first-order valence-corrected chi connectivity index (χ1v) is 8.00. The molecule has 0 saturated heterocycles. The third kappa shape index (κ3) is 5.08. The van der Waals surface area contributed by atoms with Crippen LogP contribution in [0.5, 0.6) is 11.5 Å². The molecule has 1 amide bonds. The Hall–Kier alpha value is -2.82. The number of hydrogen-bond donors (Lipinski definition) is 1. The van der Waals surface area contributed by atoms with Gasteiger partial charge in [-0.25, -0.2) is 0 Å². The summed E-state index contributed by atoms with van der Waals surface area (Å²) in [5.41, 5.74) is 2.29. The number of amides is 1. The number of ether oxygens (including phenoxy) is 2. The van der Waals surface area contributed by atoms with Gasteiger partial charge in [0.2, 0.25) is 0 Å². The molecule has 25 heavy (non-hydrogen) atoms. The van der Waals surface area contributed by atoms with Crippen LogP contribution in [-0.4, -0.2) is 25.9 Å². The first kappa shape index (κ1) is 18.5. The van der Waals surface area contributed by atoms with E-state index in [9.17, 15) is 9.59 Å². The minimum Gasteiger partial charge on any atom is -0.497 e. The maximum absolute atomic E-state index is 12.0. The van der Waals surface area contributed by atoms with Gasteiger partial charge >= 0.3 is 0 Å². The summed E-state index contributed by atoms with van der Waals surface area (Å²) in [7, 11) is 1.52. The number of rotatable bonds is 6. The Kier molecular flexibility index (Phi) is 5.80. The molecule has 2 aromatic rings. The van der Waals surface area contributed by atoms with Gasteiger partial charge in [0.25, 0.3) is 5.91 Å². The molecule has 0 radical (unpaired) electrons. The molecule has 1 N–H and O–H groups in total. The van der Waals surface area contributed by atoms with Gasteiger partial charge in [-0.2, -0.15) is 0 Å². The highest BCUT2D eigenvalue weighted by atomic mass is 16.5. The van der Waals surface area contributed by atoms with Crippen LogP contribution >= 0.6 is 0 Å². The fourth-order valence-electron chi connectivity index (χ4n) is 2.27. The van der Waals surface area contributed by atoms with Gasteiger partial charge in [-0.05, 0) is 41.3 Å². The minimum atomic E-state index is -0.295. The molecule has 5 nitrogen and oxygen atoms in total. The summed E-state index contributed by atoms with van der Waals surface area (Å²) in [5.74, 6) is 0.600. The van der Waals surface area contributed by atoms with Gasteiger partial charge in [-0.15, -0.1) is 0 Å². The summed E-state index contributed by atoms with van der Waals surface area (Å²) < 4.78 is 10.5. The summed E-state index contributed by atoms with van der Waals surface area (Å²) in [5, 5.41) is 2.77. The molecule has 0 unspecified atom stereocenters. The average Bonchev–Trinajstić information content (AvgIpc) is 2.59. The van der Waals surface area contributed by atoms with Crippen LogP contribution < -0.4 is 14.8 Å². The van der Waals surface area contributed by atoms with E-state index in [0.29, 0.717) is 29.0 Å². The lowest BCUT2D eigenvalue weighted by Gasteiger charge is -2.19. The maximum atomic E-state index is 12.0. The number of nitrogens with one attached hydrogen (secondary N) is 1. The SMILES string of the molecule is COc1ccc(OCC(=O)Nc2ccc(C(C)(C)C)cc2)c(C=O)c1. The summed E-state index contributed by atoms with van der Waals surface area (Å²) >= 11 is 0. The zero-order valence-electron chi connectivity index (χ0n) is 15.0. The van der Waals surface area contributed by atoms with Crippen molar-refractivity contribution in [3.8, 4) is 11.5 Å². The van der Waals surface area contributed by atoms with Crippen molar-refractivity contribution in [2.45, 2.75) is 26.2 Å². The van der Waals surface area contributed by atoms with Crippen LogP contribution in [0.2, 0.25) is 0 Å². The molecular formula is C20H23NO4. The minimum absolute atomic E-state index is 0.0608. The number of carbonyl (C=O) groups is 2. The highest BCUT2D eigenvalue weighted by Crippen LogP contribution is 2.24. The molecule has 0 spiro atoms. The number of benzene rings is 2. The van der Waals surface area contributed by atoms with Gasteiger partial charge in [-0.1, -0.05) is 32.9 Å². The Morgan fingerprint density at radius 2 is 1.80 bits per heavy atom. The average molecular weight is 341 g/mol. The normalized spacial score (nSPS) is 10.9. The summed E-state index contributed by atoms with van der Waals surface area (Å²) in [6.07, 6.45) is 0.668. The molecule has 0 aliphatic carbocycles. The molecule has 2 aromatic carbocycles. The molecule has 132 valence electrons. The molecule has 0 saturated carbocycles. The zero-order chi connectivity index (χ0) is 18.4. The van der Waals surface area contributed by atoms with Crippen molar-refractivity contribution >= 4 is 17.9 Å². The molecule has 0 heterocycles. The maximum Gasteiger partial charge on any atom is 0.262 e. The van der Waals surface area contributed by atoms with Gasteiger partial charge in [0.05, 0.1) is 12.7 Å². The van der Waals surface area contributed by atoms with Crippen molar-refractivity contribution in [2.24, 2.45) is 0 Å². The van der Waals surface area contributed by atoms with E-state index >= 15 is 0 Å². The second-order valence-electron chi connectivity index (χ2n) is 6.69. The van der Waals surface area contributed by atoms with Crippen LogP contribution in [0, 0.1) is 0 Å². The third-order valence-corrected chi connectivity index (χ3v) is 3.74. The predicted octanol–water partition coefficient (Wildman–Crippen LogP) is 3.82. The molecule has 0 aliphatic heterocycles. The van der Waals surface area contributed by atoms with E-state index in [-0.39, 0.29) is 17.9 Å². The van der Waals surface area contributed by atoms with Crippen LogP contribution in [0.25, 0.3) is 0 Å². The second kappa shape index (κ2) is 7.83. The summed E-state index contributed by atoms with van der Waals surface area (Å²) in [4.78, 5) is 23.1. The molecule has 0 fully saturated rings. The number of anilines is 1. The fourth-order valence-corrected chi connectivity index (χ4v) is 2.27. The Morgan fingerprint density at radius 1 is 1.12 bits per heavy atom. The lowest BCUT2D eigenvalue weighted by molar-refractivity contribution is -0.118. The summed E-state index contributed by atoms with van der Waals surface area (Å²) in [6.45, 7) is 6.21. The number of carbonyl (C=O) groups excluding carboxylic acids is 2. The zero-order valence-corrected chi connectivity index (χ0v) is 15.0. The van der Waals surface area contributed by atoms with Gasteiger partial charge in [0.15, 0.2) is 12.9 Å². The third-order valence-electron chi connectivity index (χ3n) is 3.74. The van der Waals surface area contributed by atoms with Crippen molar-refractivity contribution in [1.29, 1.82) is 0 Å². The highest BCUT2D eigenvalue weighted by Gasteiger charge is 2.13. The van der Waals surface area contributed by atoms with E-state index in [1.165, 1.54) is 12.7 Å². The molecule has 0 aliphatic rings. The lowest BCUT2D eigenvalue weighted by Crippen LogP contribution is -2.20. The summed E-state index contributed by atoms with van der Waals surface area (Å²) in [6, 6.07) is 12.5. The second-order valence-corrected chi connectivity index (χ2v) is 6.69. The van der Waals surface area contributed by atoms with Crippen LogP contribution in [-0.2, 0) is 10.2 Å². The standard InChI is InChI=1S/C20H23NO4/c1-20(2,3)15-5-7-16(8-6-15)21-19(23)13-25-18-10-9-17(24-4)11-14(18)12-22/h5-12H,13H2,1-4H3,(H,21,23). The van der Waals surface area contributed by atoms with Crippen molar-refractivity contribution < 1.29 is 19.1 Å². The van der Waals surface area contributed by atoms with Crippen LogP contribution in [0.4, 0.5) is 5.69 Å². The highest BCUT2D eigenvalue weighted by molar-refractivity contribution is 5.92. The van der Waals surface area contributed by atoms with E-state index in [1.807, 2.05) is 24.3 Å². The van der Waals surface area contributed by atoms with Gasteiger partial charge in [-0.3, -0.25) is 9.59 Å². The van der Waals surface area contributed by atoms with Gasteiger partial charge < -0.3 is 14.8 Å². The van der Waals surface area contributed by atoms with E-state index in [4.69, 9.17) is 9.47 Å². The molecule has 5 heteroatoms. The van der Waals surface area contributed by atoms with E-state index < -0.39 is 0 Å². The van der Waals surface area contributed by atoms with E-state index in [2.05, 4.69) is 26.1 Å². The van der Waals surface area contributed by atoms with E-state index in [1.54, 1.807) is 18.2 Å². The van der Waals surface area contributed by atoms with E-state index in [0.717, 1.165) is 0 Å². The topological polar surface area (TPSA) is 64.6 Å². The molecule has 0 aromatic heterocycles. The Balaban J connectivity index is 1.96. The smallest absolute Gasteiger partial charge is 0.262 e. The Morgan fingerprint density at radius 3 is 2.36 bits per heavy atom. The molecule has 0 bridgehead atoms. The number of methoxy groups -OCH3 is 1. The van der Waals surface area contributed by atoms with Crippen molar-refractivity contribution in [3.05, 3.63) is 53.6 Å². The number of aldehydes is 1. The fraction of sp³-hybridized carbons (Fsp3) is 0.300.